The Balaban J connectivity index is 2.22. The van der Waals surface area contributed by atoms with Crippen molar-refractivity contribution in [3.05, 3.63) is 18.2 Å². The minimum Gasteiger partial charge on any atom is -0.494 e. The van der Waals surface area contributed by atoms with Gasteiger partial charge in [0.25, 0.3) is 0 Å². The number of methoxy groups -OCH3 is 1. The van der Waals surface area contributed by atoms with E-state index in [2.05, 4.69) is 10.6 Å². The van der Waals surface area contributed by atoms with Crippen LogP contribution >= 0.6 is 0 Å². The number of amides is 2. The third-order valence-electron chi connectivity index (χ3n) is 3.68. The highest BCUT2D eigenvalue weighted by Crippen LogP contribution is 2.34. The molecule has 0 unspecified atom stereocenters. The quantitative estimate of drug-likeness (QED) is 0.773. The first-order valence-electron chi connectivity index (χ1n) is 8.05. The van der Waals surface area contributed by atoms with E-state index < -0.39 is 21.8 Å². The molecule has 2 N–H and O–H groups in total. The number of benzene rings is 1. The highest BCUT2D eigenvalue weighted by atomic mass is 32.2. The lowest BCUT2D eigenvalue weighted by atomic mass is 10.2. The maximum absolute atomic E-state index is 12.3. The van der Waals surface area contributed by atoms with E-state index in [9.17, 15) is 18.0 Å². The number of carbonyl (C=O) groups excluding carboxylic acids is 2. The summed E-state index contributed by atoms with van der Waals surface area (Å²) in [7, 11) is -1.95. The molecule has 0 aliphatic carbocycles. The van der Waals surface area contributed by atoms with E-state index in [-0.39, 0.29) is 11.8 Å². The molecule has 2 rings (SSSR count). The number of rotatable bonds is 4. The average molecular weight is 369 g/mol. The zero-order chi connectivity index (χ0) is 18.6. The molecule has 1 fully saturated rings. The van der Waals surface area contributed by atoms with Crippen molar-refractivity contribution in [1.82, 2.24) is 5.32 Å². The summed E-state index contributed by atoms with van der Waals surface area (Å²) in [4.78, 5) is 23.5. The van der Waals surface area contributed by atoms with Crippen LogP contribution in [0.3, 0.4) is 0 Å². The van der Waals surface area contributed by atoms with Gasteiger partial charge in [0.15, 0.2) is 0 Å². The molecular weight excluding hydrogens is 346 g/mol. The lowest BCUT2D eigenvalue weighted by Gasteiger charge is -2.29. The van der Waals surface area contributed by atoms with Crippen molar-refractivity contribution in [2.45, 2.75) is 32.7 Å². The molecule has 0 radical (unpaired) electrons. The Bertz CT molecular complexity index is 761. The SMILES string of the molecule is COc1cc(NC(=O)C(=O)NC(C)C)ccc1N1CCCCS1(=O)=O. The molecule has 25 heavy (non-hydrogen) atoms. The van der Waals surface area contributed by atoms with E-state index in [0.717, 1.165) is 6.42 Å². The van der Waals surface area contributed by atoms with Crippen LogP contribution in [0.2, 0.25) is 0 Å². The number of hydrogen-bond donors (Lipinski definition) is 2. The molecule has 1 aromatic rings. The Morgan fingerprint density at radius 1 is 1.20 bits per heavy atom. The molecule has 8 nitrogen and oxygen atoms in total. The molecule has 0 bridgehead atoms. The molecule has 2 amide bonds. The van der Waals surface area contributed by atoms with Gasteiger partial charge in [-0.25, -0.2) is 8.42 Å². The minimum absolute atomic E-state index is 0.101. The van der Waals surface area contributed by atoms with Crippen LogP contribution in [0, 0.1) is 0 Å². The van der Waals surface area contributed by atoms with Gasteiger partial charge in [0, 0.05) is 24.3 Å². The largest absolute Gasteiger partial charge is 0.494 e. The van der Waals surface area contributed by atoms with Crippen LogP contribution in [-0.4, -0.2) is 45.7 Å². The molecular formula is C16H23N3O5S. The molecule has 1 saturated heterocycles. The first kappa shape index (κ1) is 19.0. The van der Waals surface area contributed by atoms with Crippen LogP contribution in [0.4, 0.5) is 11.4 Å². The van der Waals surface area contributed by atoms with Crippen molar-refractivity contribution in [2.24, 2.45) is 0 Å². The number of anilines is 2. The lowest BCUT2D eigenvalue weighted by Crippen LogP contribution is -2.39. The van der Waals surface area contributed by atoms with Gasteiger partial charge >= 0.3 is 11.8 Å². The summed E-state index contributed by atoms with van der Waals surface area (Å²) in [6, 6.07) is 4.46. The second-order valence-electron chi connectivity index (χ2n) is 6.06. The fraction of sp³-hybridized carbons (Fsp3) is 0.500. The minimum atomic E-state index is -3.37. The molecule has 0 aromatic heterocycles. The van der Waals surface area contributed by atoms with Gasteiger partial charge in [-0.05, 0) is 38.8 Å². The average Bonchev–Trinajstić information content (AvgIpc) is 2.54. The van der Waals surface area contributed by atoms with Gasteiger partial charge in [-0.15, -0.1) is 0 Å². The van der Waals surface area contributed by atoms with Crippen molar-refractivity contribution < 1.29 is 22.7 Å². The molecule has 0 spiro atoms. The van der Waals surface area contributed by atoms with E-state index in [0.29, 0.717) is 30.1 Å². The van der Waals surface area contributed by atoms with Crippen LogP contribution in [-0.2, 0) is 19.6 Å². The van der Waals surface area contributed by atoms with Crippen molar-refractivity contribution in [1.29, 1.82) is 0 Å². The van der Waals surface area contributed by atoms with E-state index in [4.69, 9.17) is 4.74 Å². The summed E-state index contributed by atoms with van der Waals surface area (Å²) in [5, 5.41) is 4.97. The van der Waals surface area contributed by atoms with E-state index in [1.54, 1.807) is 26.0 Å². The highest BCUT2D eigenvalue weighted by molar-refractivity contribution is 7.92. The molecule has 1 aromatic carbocycles. The number of carbonyl (C=O) groups is 2. The zero-order valence-corrected chi connectivity index (χ0v) is 15.4. The third-order valence-corrected chi connectivity index (χ3v) is 5.54. The normalized spacial score (nSPS) is 16.4. The van der Waals surface area contributed by atoms with Gasteiger partial charge in [0.2, 0.25) is 10.0 Å². The fourth-order valence-electron chi connectivity index (χ4n) is 2.54. The van der Waals surface area contributed by atoms with Crippen molar-refractivity contribution in [3.63, 3.8) is 0 Å². The smallest absolute Gasteiger partial charge is 0.313 e. The van der Waals surface area contributed by atoms with Crippen LogP contribution in [0.15, 0.2) is 18.2 Å². The maximum Gasteiger partial charge on any atom is 0.313 e. The van der Waals surface area contributed by atoms with Crippen LogP contribution in [0.5, 0.6) is 5.75 Å². The Morgan fingerprint density at radius 2 is 1.92 bits per heavy atom. The number of hydrogen-bond acceptors (Lipinski definition) is 5. The van der Waals surface area contributed by atoms with Crippen molar-refractivity contribution in [2.75, 3.05) is 29.0 Å². The Labute approximate surface area is 147 Å². The molecule has 1 aliphatic rings. The molecule has 9 heteroatoms. The van der Waals surface area contributed by atoms with Crippen LogP contribution in [0.25, 0.3) is 0 Å². The lowest BCUT2D eigenvalue weighted by molar-refractivity contribution is -0.136. The van der Waals surface area contributed by atoms with Gasteiger partial charge < -0.3 is 15.4 Å². The standard InChI is InChI=1S/C16H23N3O5S/c1-11(2)17-15(20)16(21)18-12-6-7-13(14(10-12)24-3)19-8-4-5-9-25(19,22)23/h6-7,10-11H,4-5,8-9H2,1-3H3,(H,17,20)(H,18,21). The van der Waals surface area contributed by atoms with Crippen LogP contribution < -0.4 is 19.7 Å². The molecule has 1 aliphatic heterocycles. The van der Waals surface area contributed by atoms with Crippen LogP contribution in [0.1, 0.15) is 26.7 Å². The first-order chi connectivity index (χ1) is 11.7. The zero-order valence-electron chi connectivity index (χ0n) is 14.5. The summed E-state index contributed by atoms with van der Waals surface area (Å²) in [6.07, 6.45) is 1.41. The topological polar surface area (TPSA) is 105 Å². The summed E-state index contributed by atoms with van der Waals surface area (Å²) >= 11 is 0. The Kier molecular flexibility index (Phi) is 5.89. The second kappa shape index (κ2) is 7.73. The molecule has 138 valence electrons. The van der Waals surface area contributed by atoms with Gasteiger partial charge in [0.1, 0.15) is 5.75 Å². The van der Waals surface area contributed by atoms with Gasteiger partial charge in [0.05, 0.1) is 18.6 Å². The predicted molar refractivity (Wildman–Crippen MR) is 95.3 cm³/mol. The monoisotopic (exact) mass is 369 g/mol. The van der Waals surface area contributed by atoms with E-state index in [1.165, 1.54) is 17.5 Å². The fourth-order valence-corrected chi connectivity index (χ4v) is 4.18. The molecule has 0 atom stereocenters. The number of ether oxygens (including phenoxy) is 1. The molecule has 0 saturated carbocycles. The summed E-state index contributed by atoms with van der Waals surface area (Å²) in [6.45, 7) is 3.89. The van der Waals surface area contributed by atoms with Crippen molar-refractivity contribution >= 4 is 33.2 Å². The predicted octanol–water partition coefficient (Wildman–Crippen LogP) is 1.09. The van der Waals surface area contributed by atoms with E-state index in [1.807, 2.05) is 0 Å². The summed E-state index contributed by atoms with van der Waals surface area (Å²) in [5.41, 5.74) is 0.769. The van der Waals surface area contributed by atoms with Gasteiger partial charge in [-0.1, -0.05) is 0 Å². The number of nitrogens with zero attached hydrogens (tertiary/aromatic N) is 1. The summed E-state index contributed by atoms with van der Waals surface area (Å²) < 4.78 is 31.1. The Morgan fingerprint density at radius 3 is 2.52 bits per heavy atom. The first-order valence-corrected chi connectivity index (χ1v) is 9.66. The van der Waals surface area contributed by atoms with Gasteiger partial charge in [-0.3, -0.25) is 13.9 Å². The second-order valence-corrected chi connectivity index (χ2v) is 8.08. The highest BCUT2D eigenvalue weighted by Gasteiger charge is 2.28. The molecule has 1 heterocycles. The van der Waals surface area contributed by atoms with Crippen molar-refractivity contribution in [3.8, 4) is 5.75 Å². The number of nitrogens with one attached hydrogen (secondary N) is 2. The summed E-state index contributed by atoms with van der Waals surface area (Å²) in [5.74, 6) is -1.12. The Hall–Kier alpha value is -2.29. The maximum atomic E-state index is 12.3. The van der Waals surface area contributed by atoms with E-state index >= 15 is 0 Å². The third kappa shape index (κ3) is 4.62. The number of sulfonamides is 1. The van der Waals surface area contributed by atoms with Gasteiger partial charge in [-0.2, -0.15) is 0 Å².